The summed E-state index contributed by atoms with van der Waals surface area (Å²) in [5.74, 6) is 1.57. The molecule has 0 amide bonds. The molecule has 3 rings (SSSR count). The molecule has 2 unspecified atom stereocenters. The van der Waals surface area contributed by atoms with Crippen molar-refractivity contribution in [2.45, 2.75) is 85.5 Å². The molecule has 0 heterocycles. The summed E-state index contributed by atoms with van der Waals surface area (Å²) >= 11 is 0. The monoisotopic (exact) mass is 336 g/mol. The number of aryl methyl sites for hydroxylation is 1. The Balaban J connectivity index is 1.84. The molecule has 0 bridgehead atoms. The van der Waals surface area contributed by atoms with Gasteiger partial charge in [0.1, 0.15) is 0 Å². The van der Waals surface area contributed by atoms with Crippen LogP contribution in [0.4, 0.5) is 0 Å². The van der Waals surface area contributed by atoms with Crippen molar-refractivity contribution in [2.75, 3.05) is 0 Å². The molecule has 0 heteroatoms. The third kappa shape index (κ3) is 3.94. The first-order valence-electron chi connectivity index (χ1n) is 10.5. The molecule has 25 heavy (non-hydrogen) atoms. The largest absolute Gasteiger partial charge is 0.0839 e. The van der Waals surface area contributed by atoms with Crippen LogP contribution in [0.15, 0.2) is 35.4 Å². The molecule has 0 nitrogen and oxygen atoms in total. The maximum absolute atomic E-state index is 2.52. The summed E-state index contributed by atoms with van der Waals surface area (Å²) in [7, 11) is 0. The molecular weight excluding hydrogens is 300 g/mol. The van der Waals surface area contributed by atoms with Crippen LogP contribution in [-0.2, 0) is 0 Å². The van der Waals surface area contributed by atoms with E-state index < -0.39 is 0 Å². The Labute approximate surface area is 155 Å². The van der Waals surface area contributed by atoms with Gasteiger partial charge in [0.2, 0.25) is 0 Å². The second-order valence-electron chi connectivity index (χ2n) is 8.77. The normalized spacial score (nSPS) is 22.5. The Hall–Kier alpha value is -1.30. The molecule has 0 N–H and O–H groups in total. The molecule has 2 aliphatic rings. The van der Waals surface area contributed by atoms with Crippen LogP contribution < -0.4 is 0 Å². The van der Waals surface area contributed by atoms with E-state index in [9.17, 15) is 0 Å². The lowest BCUT2D eigenvalue weighted by Gasteiger charge is -2.30. The van der Waals surface area contributed by atoms with Gasteiger partial charge in [-0.05, 0) is 73.0 Å². The van der Waals surface area contributed by atoms with E-state index in [1.807, 2.05) is 0 Å². The molecule has 0 aliphatic heterocycles. The van der Waals surface area contributed by atoms with Crippen molar-refractivity contribution >= 4 is 6.08 Å². The number of rotatable bonds is 8. The van der Waals surface area contributed by atoms with E-state index in [-0.39, 0.29) is 0 Å². The summed E-state index contributed by atoms with van der Waals surface area (Å²) in [6.45, 7) is 11.9. The van der Waals surface area contributed by atoms with Crippen molar-refractivity contribution in [1.82, 2.24) is 0 Å². The lowest BCUT2D eigenvalue weighted by atomic mass is 9.75. The minimum Gasteiger partial charge on any atom is -0.0839 e. The lowest BCUT2D eigenvalue weighted by Crippen LogP contribution is -2.19. The van der Waals surface area contributed by atoms with Crippen molar-refractivity contribution in [3.8, 4) is 0 Å². The smallest absolute Gasteiger partial charge is 0.0108 e. The van der Waals surface area contributed by atoms with Gasteiger partial charge in [-0.25, -0.2) is 0 Å². The van der Waals surface area contributed by atoms with Crippen LogP contribution in [0.2, 0.25) is 0 Å². The third-order valence-electron chi connectivity index (χ3n) is 6.42. The van der Waals surface area contributed by atoms with Crippen LogP contribution in [0.3, 0.4) is 0 Å². The second kappa shape index (κ2) is 7.52. The first-order chi connectivity index (χ1) is 12.0. The minimum atomic E-state index is 0.376. The van der Waals surface area contributed by atoms with Gasteiger partial charge in [0.05, 0.1) is 0 Å². The summed E-state index contributed by atoms with van der Waals surface area (Å²) < 4.78 is 0. The van der Waals surface area contributed by atoms with Crippen molar-refractivity contribution in [3.63, 3.8) is 0 Å². The SMILES string of the molecule is CCC/C=C\c1c(C)cccc1C1CC1C(C)(C)C(CCC)=C1CC1. The quantitative estimate of drug-likeness (QED) is 0.424. The van der Waals surface area contributed by atoms with E-state index in [0.717, 1.165) is 11.8 Å². The Bertz CT molecular complexity index is 665. The average Bonchev–Trinajstić information content (AvgIpc) is 3.47. The fraction of sp³-hybridized carbons (Fsp3) is 0.600. The number of benzene rings is 1. The summed E-state index contributed by atoms with van der Waals surface area (Å²) in [5, 5.41) is 0. The molecule has 2 saturated carbocycles. The molecule has 2 fully saturated rings. The van der Waals surface area contributed by atoms with E-state index in [2.05, 4.69) is 65.0 Å². The van der Waals surface area contributed by atoms with Crippen LogP contribution in [-0.4, -0.2) is 0 Å². The van der Waals surface area contributed by atoms with Gasteiger partial charge in [0.15, 0.2) is 0 Å². The zero-order chi connectivity index (χ0) is 18.0. The predicted octanol–water partition coefficient (Wildman–Crippen LogP) is 7.83. The van der Waals surface area contributed by atoms with E-state index in [0.29, 0.717) is 5.41 Å². The third-order valence-corrected chi connectivity index (χ3v) is 6.42. The van der Waals surface area contributed by atoms with Gasteiger partial charge in [0.25, 0.3) is 0 Å². The topological polar surface area (TPSA) is 0 Å². The van der Waals surface area contributed by atoms with Gasteiger partial charge in [-0.1, -0.05) is 82.0 Å². The van der Waals surface area contributed by atoms with Crippen molar-refractivity contribution < 1.29 is 0 Å². The molecule has 2 atom stereocenters. The summed E-state index contributed by atoms with van der Waals surface area (Å²) in [4.78, 5) is 0. The number of hydrogen-bond donors (Lipinski definition) is 0. The highest BCUT2D eigenvalue weighted by Gasteiger charge is 2.50. The van der Waals surface area contributed by atoms with Gasteiger partial charge in [-0.3, -0.25) is 0 Å². The summed E-state index contributed by atoms with van der Waals surface area (Å²) in [6, 6.07) is 6.92. The molecule has 136 valence electrons. The maximum atomic E-state index is 2.52. The lowest BCUT2D eigenvalue weighted by molar-refractivity contribution is 0.358. The fourth-order valence-electron chi connectivity index (χ4n) is 4.75. The summed E-state index contributed by atoms with van der Waals surface area (Å²) in [5.41, 5.74) is 8.49. The van der Waals surface area contributed by atoms with Crippen LogP contribution in [0.1, 0.15) is 95.2 Å². The highest BCUT2D eigenvalue weighted by molar-refractivity contribution is 5.60. The van der Waals surface area contributed by atoms with Crippen LogP contribution in [0, 0.1) is 18.3 Å². The van der Waals surface area contributed by atoms with Crippen molar-refractivity contribution in [3.05, 3.63) is 52.1 Å². The zero-order valence-electron chi connectivity index (χ0n) is 17.0. The minimum absolute atomic E-state index is 0.376. The summed E-state index contributed by atoms with van der Waals surface area (Å²) in [6.07, 6.45) is 13.9. The highest BCUT2D eigenvalue weighted by Crippen LogP contribution is 2.62. The molecular formula is C25H36. The van der Waals surface area contributed by atoms with Gasteiger partial charge in [-0.2, -0.15) is 0 Å². The standard InChI is InChI=1S/C25H36/c1-6-8-9-13-20-18(3)12-10-14-21(20)22-17-24(22)25(4,5)23(11-7-2)19-15-16-19/h9-10,12-14,22,24H,6-8,11,15-17H2,1-5H3/b13-9-. The predicted molar refractivity (Wildman–Crippen MR) is 111 cm³/mol. The number of unbranched alkanes of at least 4 members (excludes halogenated alkanes) is 1. The Morgan fingerprint density at radius 2 is 1.92 bits per heavy atom. The second-order valence-corrected chi connectivity index (χ2v) is 8.77. The molecule has 0 aromatic heterocycles. The Morgan fingerprint density at radius 3 is 2.56 bits per heavy atom. The van der Waals surface area contributed by atoms with Crippen LogP contribution in [0.5, 0.6) is 0 Å². The van der Waals surface area contributed by atoms with Gasteiger partial charge < -0.3 is 0 Å². The first-order valence-corrected chi connectivity index (χ1v) is 10.5. The van der Waals surface area contributed by atoms with Gasteiger partial charge in [-0.15, -0.1) is 0 Å². The van der Waals surface area contributed by atoms with Gasteiger partial charge >= 0.3 is 0 Å². The van der Waals surface area contributed by atoms with Crippen molar-refractivity contribution in [1.29, 1.82) is 0 Å². The zero-order valence-corrected chi connectivity index (χ0v) is 17.0. The molecule has 2 aliphatic carbocycles. The number of hydrogen-bond acceptors (Lipinski definition) is 0. The molecule has 0 spiro atoms. The van der Waals surface area contributed by atoms with E-state index in [1.165, 1.54) is 56.1 Å². The molecule has 1 aromatic rings. The van der Waals surface area contributed by atoms with E-state index in [4.69, 9.17) is 0 Å². The fourth-order valence-corrected chi connectivity index (χ4v) is 4.75. The maximum Gasteiger partial charge on any atom is -0.0108 e. The van der Waals surface area contributed by atoms with E-state index >= 15 is 0 Å². The Kier molecular flexibility index (Phi) is 5.56. The van der Waals surface area contributed by atoms with Crippen LogP contribution >= 0.6 is 0 Å². The number of allylic oxidation sites excluding steroid dienone is 3. The van der Waals surface area contributed by atoms with E-state index in [1.54, 1.807) is 16.7 Å². The van der Waals surface area contributed by atoms with Gasteiger partial charge in [0, 0.05) is 0 Å². The Morgan fingerprint density at radius 1 is 1.16 bits per heavy atom. The molecule has 0 saturated heterocycles. The molecule has 1 aromatic carbocycles. The molecule has 0 radical (unpaired) electrons. The highest BCUT2D eigenvalue weighted by atomic mass is 14.5. The first kappa shape index (κ1) is 18.5. The van der Waals surface area contributed by atoms with Crippen molar-refractivity contribution in [2.24, 2.45) is 11.3 Å². The average molecular weight is 337 g/mol. The van der Waals surface area contributed by atoms with Crippen LogP contribution in [0.25, 0.3) is 6.08 Å².